The largest absolute Gasteiger partial charge is 0.396 e. The second kappa shape index (κ2) is 8.28. The van der Waals surface area contributed by atoms with Crippen molar-refractivity contribution in [1.29, 1.82) is 0 Å². The van der Waals surface area contributed by atoms with Gasteiger partial charge >= 0.3 is 0 Å². The van der Waals surface area contributed by atoms with E-state index in [0.29, 0.717) is 12.5 Å². The van der Waals surface area contributed by atoms with Gasteiger partial charge in [-0.05, 0) is 64.5 Å². The van der Waals surface area contributed by atoms with Crippen molar-refractivity contribution in [1.82, 2.24) is 4.98 Å². The predicted octanol–water partition coefficient (Wildman–Crippen LogP) is 4.82. The van der Waals surface area contributed by atoms with Crippen LogP contribution in [0.1, 0.15) is 18.4 Å². The van der Waals surface area contributed by atoms with Crippen LogP contribution in [-0.2, 0) is 6.54 Å². The zero-order valence-corrected chi connectivity index (χ0v) is 16.8. The van der Waals surface area contributed by atoms with Crippen LogP contribution in [0.5, 0.6) is 0 Å². The fourth-order valence-electron chi connectivity index (χ4n) is 3.69. The quantitative estimate of drug-likeness (QED) is 0.615. The Morgan fingerprint density at radius 2 is 1.85 bits per heavy atom. The van der Waals surface area contributed by atoms with Gasteiger partial charge in [0.2, 0.25) is 0 Å². The molecule has 27 heavy (non-hydrogen) atoms. The SMILES string of the molecule is OCC1CCN(c2ccc(CNc3ccnc4c(Br)cccc34)cc2)CC1. The van der Waals surface area contributed by atoms with E-state index in [1.165, 1.54) is 11.3 Å². The highest BCUT2D eigenvalue weighted by molar-refractivity contribution is 9.10. The van der Waals surface area contributed by atoms with Crippen molar-refractivity contribution in [3.8, 4) is 0 Å². The van der Waals surface area contributed by atoms with E-state index in [0.717, 1.165) is 53.5 Å². The first-order valence-electron chi connectivity index (χ1n) is 9.46. The number of aromatic nitrogens is 1. The van der Waals surface area contributed by atoms with Crippen molar-refractivity contribution in [3.05, 3.63) is 64.8 Å². The normalized spacial score (nSPS) is 15.3. The zero-order valence-electron chi connectivity index (χ0n) is 15.2. The van der Waals surface area contributed by atoms with Gasteiger partial charge in [0.1, 0.15) is 0 Å². The molecule has 0 atom stereocenters. The Labute approximate surface area is 168 Å². The number of benzene rings is 2. The van der Waals surface area contributed by atoms with Gasteiger partial charge in [0.15, 0.2) is 0 Å². The summed E-state index contributed by atoms with van der Waals surface area (Å²) in [7, 11) is 0. The van der Waals surface area contributed by atoms with E-state index in [-0.39, 0.29) is 0 Å². The van der Waals surface area contributed by atoms with Crippen molar-refractivity contribution < 1.29 is 5.11 Å². The molecular weight excluding hydrogens is 402 g/mol. The number of fused-ring (bicyclic) bond motifs is 1. The Balaban J connectivity index is 1.42. The summed E-state index contributed by atoms with van der Waals surface area (Å²) >= 11 is 3.57. The number of hydrogen-bond acceptors (Lipinski definition) is 4. The summed E-state index contributed by atoms with van der Waals surface area (Å²) in [6.45, 7) is 3.15. The summed E-state index contributed by atoms with van der Waals surface area (Å²) in [5.74, 6) is 0.472. The molecule has 4 nitrogen and oxygen atoms in total. The molecule has 1 aromatic heterocycles. The maximum Gasteiger partial charge on any atom is 0.0864 e. The van der Waals surface area contributed by atoms with Gasteiger partial charge in [-0.3, -0.25) is 4.98 Å². The minimum atomic E-state index is 0.318. The van der Waals surface area contributed by atoms with Gasteiger partial charge in [-0.2, -0.15) is 0 Å². The van der Waals surface area contributed by atoms with Gasteiger partial charge in [-0.15, -0.1) is 0 Å². The van der Waals surface area contributed by atoms with Crippen LogP contribution in [-0.4, -0.2) is 29.8 Å². The Morgan fingerprint density at radius 3 is 2.59 bits per heavy atom. The number of hydrogen-bond donors (Lipinski definition) is 2. The van der Waals surface area contributed by atoms with Crippen molar-refractivity contribution in [2.45, 2.75) is 19.4 Å². The Hall–Kier alpha value is -2.11. The number of pyridine rings is 1. The van der Waals surface area contributed by atoms with Gasteiger partial charge < -0.3 is 15.3 Å². The molecule has 0 saturated carbocycles. The summed E-state index contributed by atoms with van der Waals surface area (Å²) in [5, 5.41) is 13.9. The van der Waals surface area contributed by atoms with Gasteiger partial charge in [0.05, 0.1) is 5.52 Å². The molecule has 1 saturated heterocycles. The highest BCUT2D eigenvalue weighted by atomic mass is 79.9. The average molecular weight is 426 g/mol. The lowest BCUT2D eigenvalue weighted by molar-refractivity contribution is 0.203. The lowest BCUT2D eigenvalue weighted by atomic mass is 9.97. The molecule has 3 aromatic rings. The van der Waals surface area contributed by atoms with Gasteiger partial charge in [0, 0.05) is 53.7 Å². The highest BCUT2D eigenvalue weighted by Crippen LogP contribution is 2.28. The van der Waals surface area contributed by atoms with Gasteiger partial charge in [-0.25, -0.2) is 0 Å². The number of rotatable bonds is 5. The summed E-state index contributed by atoms with van der Waals surface area (Å²) in [5.41, 5.74) is 4.60. The minimum absolute atomic E-state index is 0.318. The Morgan fingerprint density at radius 1 is 1.07 bits per heavy atom. The lowest BCUT2D eigenvalue weighted by Gasteiger charge is -2.33. The highest BCUT2D eigenvalue weighted by Gasteiger charge is 2.18. The second-order valence-electron chi connectivity index (χ2n) is 7.13. The molecule has 4 rings (SSSR count). The fourth-order valence-corrected chi connectivity index (χ4v) is 4.16. The van der Waals surface area contributed by atoms with Crippen molar-refractivity contribution in [2.24, 2.45) is 5.92 Å². The van der Waals surface area contributed by atoms with Crippen LogP contribution in [0, 0.1) is 5.92 Å². The van der Waals surface area contributed by atoms with E-state index >= 15 is 0 Å². The third kappa shape index (κ3) is 4.09. The lowest BCUT2D eigenvalue weighted by Crippen LogP contribution is -2.34. The summed E-state index contributed by atoms with van der Waals surface area (Å²) < 4.78 is 1.01. The molecule has 0 radical (unpaired) electrons. The number of aliphatic hydroxyl groups is 1. The molecule has 140 valence electrons. The van der Waals surface area contributed by atoms with Gasteiger partial charge in [-0.1, -0.05) is 24.3 Å². The first-order chi connectivity index (χ1) is 13.2. The number of nitrogens with one attached hydrogen (secondary N) is 1. The van der Waals surface area contributed by atoms with Crippen molar-refractivity contribution >= 4 is 38.2 Å². The summed E-state index contributed by atoms with van der Waals surface area (Å²) in [6.07, 6.45) is 3.99. The Kier molecular flexibility index (Phi) is 5.60. The van der Waals surface area contributed by atoms with E-state index in [2.05, 4.69) is 61.5 Å². The number of halogens is 1. The third-order valence-corrected chi connectivity index (χ3v) is 6.02. The minimum Gasteiger partial charge on any atom is -0.396 e. The molecule has 0 aliphatic carbocycles. The first kappa shape index (κ1) is 18.3. The maximum absolute atomic E-state index is 9.29. The smallest absolute Gasteiger partial charge is 0.0864 e. The van der Waals surface area contributed by atoms with Gasteiger partial charge in [0.25, 0.3) is 0 Å². The average Bonchev–Trinajstić information content (AvgIpc) is 2.73. The van der Waals surface area contributed by atoms with E-state index < -0.39 is 0 Å². The molecule has 0 bridgehead atoms. The maximum atomic E-state index is 9.29. The van der Waals surface area contributed by atoms with Crippen LogP contribution in [0.3, 0.4) is 0 Å². The molecule has 5 heteroatoms. The van der Waals surface area contributed by atoms with E-state index in [1.807, 2.05) is 24.4 Å². The van der Waals surface area contributed by atoms with Crippen LogP contribution >= 0.6 is 15.9 Å². The molecule has 1 aliphatic heterocycles. The molecule has 1 aliphatic rings. The van der Waals surface area contributed by atoms with Crippen LogP contribution in [0.15, 0.2) is 59.2 Å². The number of aliphatic hydroxyl groups excluding tert-OH is 1. The summed E-state index contributed by atoms with van der Waals surface area (Å²) in [4.78, 5) is 6.88. The van der Waals surface area contributed by atoms with Crippen LogP contribution in [0.4, 0.5) is 11.4 Å². The van der Waals surface area contributed by atoms with Crippen LogP contribution < -0.4 is 10.2 Å². The number of nitrogens with zero attached hydrogens (tertiary/aromatic N) is 2. The van der Waals surface area contributed by atoms with E-state index in [4.69, 9.17) is 0 Å². The Bertz CT molecular complexity index is 905. The molecule has 1 fully saturated rings. The first-order valence-corrected chi connectivity index (χ1v) is 10.3. The number of piperidine rings is 1. The molecular formula is C22H24BrN3O. The topological polar surface area (TPSA) is 48.4 Å². The predicted molar refractivity (Wildman–Crippen MR) is 115 cm³/mol. The zero-order chi connectivity index (χ0) is 18.6. The number of para-hydroxylation sites is 1. The fraction of sp³-hybridized carbons (Fsp3) is 0.318. The number of anilines is 2. The van der Waals surface area contributed by atoms with Crippen molar-refractivity contribution in [2.75, 3.05) is 29.9 Å². The molecule has 0 amide bonds. The van der Waals surface area contributed by atoms with Crippen LogP contribution in [0.2, 0.25) is 0 Å². The monoisotopic (exact) mass is 425 g/mol. The molecule has 0 spiro atoms. The van der Waals surface area contributed by atoms with Crippen molar-refractivity contribution in [3.63, 3.8) is 0 Å². The van der Waals surface area contributed by atoms with E-state index in [9.17, 15) is 5.11 Å². The molecule has 2 aromatic carbocycles. The van der Waals surface area contributed by atoms with E-state index in [1.54, 1.807) is 0 Å². The third-order valence-electron chi connectivity index (χ3n) is 5.38. The molecule has 2 heterocycles. The molecule has 2 N–H and O–H groups in total. The van der Waals surface area contributed by atoms with Crippen LogP contribution in [0.25, 0.3) is 10.9 Å². The second-order valence-corrected chi connectivity index (χ2v) is 7.98. The standard InChI is InChI=1S/C22H24BrN3O/c23-20-3-1-2-19-21(8-11-24-22(19)20)25-14-16-4-6-18(7-5-16)26-12-9-17(15-27)10-13-26/h1-8,11,17,27H,9-10,12-15H2,(H,24,25). The summed E-state index contributed by atoms with van der Waals surface area (Å²) in [6, 6.07) is 17.0. The molecule has 0 unspecified atom stereocenters.